The number of amides is 2. The van der Waals surface area contributed by atoms with Crippen LogP contribution in [0.25, 0.3) is 0 Å². The van der Waals surface area contributed by atoms with Gasteiger partial charge in [0.1, 0.15) is 12.4 Å². The number of nitrogens with one attached hydrogen (secondary N) is 1. The number of carbonyl (C=O) groups is 2. The predicted octanol–water partition coefficient (Wildman–Crippen LogP) is 3.11. The van der Waals surface area contributed by atoms with Crippen LogP contribution in [0.3, 0.4) is 0 Å². The minimum Gasteiger partial charge on any atom is -0.486 e. The molecule has 1 atom stereocenters. The normalized spacial score (nSPS) is 16.2. The van der Waals surface area contributed by atoms with Gasteiger partial charge < -0.3 is 15.0 Å². The van der Waals surface area contributed by atoms with Gasteiger partial charge in [0.2, 0.25) is 16.9 Å². The van der Waals surface area contributed by atoms with Crippen LogP contribution in [0.2, 0.25) is 0 Å². The van der Waals surface area contributed by atoms with E-state index in [1.165, 1.54) is 11.3 Å². The number of para-hydroxylation sites is 2. The van der Waals surface area contributed by atoms with Gasteiger partial charge in [0.15, 0.2) is 5.01 Å². The lowest BCUT2D eigenvalue weighted by molar-refractivity contribution is -0.122. The maximum atomic E-state index is 12.5. The van der Waals surface area contributed by atoms with E-state index in [-0.39, 0.29) is 24.8 Å². The van der Waals surface area contributed by atoms with E-state index in [1.807, 2.05) is 60.7 Å². The van der Waals surface area contributed by atoms with Crippen LogP contribution in [0.15, 0.2) is 60.7 Å². The third-order valence-electron chi connectivity index (χ3n) is 4.37. The highest BCUT2D eigenvalue weighted by Crippen LogP contribution is 2.26. The van der Waals surface area contributed by atoms with Crippen molar-refractivity contribution in [2.45, 2.75) is 13.0 Å². The summed E-state index contributed by atoms with van der Waals surface area (Å²) in [6.45, 7) is 0.638. The highest BCUT2D eigenvalue weighted by Gasteiger charge is 2.35. The third-order valence-corrected chi connectivity index (χ3v) is 5.18. The number of aromatic nitrogens is 2. The summed E-state index contributed by atoms with van der Waals surface area (Å²) in [7, 11) is 0. The molecule has 1 aromatic heterocycles. The van der Waals surface area contributed by atoms with Gasteiger partial charge in [-0.2, -0.15) is 0 Å². The van der Waals surface area contributed by atoms with Crippen LogP contribution >= 0.6 is 11.3 Å². The first kappa shape index (κ1) is 18.1. The summed E-state index contributed by atoms with van der Waals surface area (Å²) < 4.78 is 5.63. The second-order valence-corrected chi connectivity index (χ2v) is 7.39. The minimum absolute atomic E-state index is 0.0550. The van der Waals surface area contributed by atoms with Gasteiger partial charge in [-0.15, -0.1) is 10.2 Å². The van der Waals surface area contributed by atoms with Crippen molar-refractivity contribution < 1.29 is 14.3 Å². The lowest BCUT2D eigenvalue weighted by Crippen LogP contribution is -2.28. The molecular weight excluding hydrogens is 376 g/mol. The fourth-order valence-electron chi connectivity index (χ4n) is 2.97. The molecule has 1 N–H and O–H groups in total. The molecular formula is C20H18N4O3S. The largest absolute Gasteiger partial charge is 0.486 e. The summed E-state index contributed by atoms with van der Waals surface area (Å²) in [6, 6.07) is 18.8. The zero-order valence-electron chi connectivity index (χ0n) is 14.9. The molecule has 0 unspecified atom stereocenters. The maximum absolute atomic E-state index is 12.5. The lowest BCUT2D eigenvalue weighted by Gasteiger charge is -2.16. The number of carbonyl (C=O) groups excluding carboxylic acids is 2. The highest BCUT2D eigenvalue weighted by molar-refractivity contribution is 7.15. The molecule has 1 fully saturated rings. The first-order valence-electron chi connectivity index (χ1n) is 8.85. The van der Waals surface area contributed by atoms with E-state index < -0.39 is 5.92 Å². The van der Waals surface area contributed by atoms with Gasteiger partial charge in [-0.05, 0) is 24.3 Å². The summed E-state index contributed by atoms with van der Waals surface area (Å²) in [6.07, 6.45) is 0.184. The summed E-state index contributed by atoms with van der Waals surface area (Å²) in [4.78, 5) is 26.5. The SMILES string of the molecule is O=C(Nc1nnc(COc2ccccc2)s1)[C@H]1CC(=O)N(c2ccccc2)C1. The third kappa shape index (κ3) is 4.17. The number of rotatable bonds is 6. The van der Waals surface area contributed by atoms with E-state index in [1.54, 1.807) is 4.90 Å². The zero-order chi connectivity index (χ0) is 19.3. The molecule has 0 radical (unpaired) electrons. The van der Waals surface area contributed by atoms with Crippen molar-refractivity contribution >= 4 is 34.0 Å². The summed E-state index contributed by atoms with van der Waals surface area (Å²) in [5, 5.41) is 11.9. The maximum Gasteiger partial charge on any atom is 0.231 e. The Morgan fingerprint density at radius 1 is 1.11 bits per heavy atom. The van der Waals surface area contributed by atoms with Gasteiger partial charge >= 0.3 is 0 Å². The molecule has 8 heteroatoms. The topological polar surface area (TPSA) is 84.4 Å². The Labute approximate surface area is 166 Å². The van der Waals surface area contributed by atoms with E-state index in [0.29, 0.717) is 16.7 Å². The standard InChI is InChI=1S/C20H18N4O3S/c25-18-11-14(12-24(18)15-7-3-1-4-8-15)19(26)21-20-23-22-17(28-20)13-27-16-9-5-2-6-10-16/h1-10,14H,11-13H2,(H,21,23,26)/t14-/m0/s1. The van der Waals surface area contributed by atoms with Crippen LogP contribution in [0.1, 0.15) is 11.4 Å². The van der Waals surface area contributed by atoms with Crippen LogP contribution < -0.4 is 15.0 Å². The van der Waals surface area contributed by atoms with E-state index >= 15 is 0 Å². The number of benzene rings is 2. The Hall–Kier alpha value is -3.26. The van der Waals surface area contributed by atoms with E-state index in [2.05, 4.69) is 15.5 Å². The van der Waals surface area contributed by atoms with Gasteiger partial charge in [0.05, 0.1) is 5.92 Å². The van der Waals surface area contributed by atoms with E-state index in [9.17, 15) is 9.59 Å². The Kier molecular flexibility index (Phi) is 5.29. The van der Waals surface area contributed by atoms with Crippen LogP contribution in [0.5, 0.6) is 5.75 Å². The molecule has 1 saturated heterocycles. The minimum atomic E-state index is -0.416. The van der Waals surface area contributed by atoms with Crippen molar-refractivity contribution in [2.75, 3.05) is 16.8 Å². The molecule has 28 heavy (non-hydrogen) atoms. The zero-order valence-corrected chi connectivity index (χ0v) is 15.8. The average Bonchev–Trinajstić information content (AvgIpc) is 3.34. The van der Waals surface area contributed by atoms with E-state index in [4.69, 9.17) is 4.74 Å². The Balaban J connectivity index is 1.33. The molecule has 7 nitrogen and oxygen atoms in total. The molecule has 2 aromatic carbocycles. The Morgan fingerprint density at radius 3 is 2.57 bits per heavy atom. The average molecular weight is 394 g/mol. The van der Waals surface area contributed by atoms with Crippen molar-refractivity contribution in [3.05, 3.63) is 65.7 Å². The molecule has 1 aliphatic rings. The van der Waals surface area contributed by atoms with Gasteiger partial charge in [0.25, 0.3) is 0 Å². The first-order chi connectivity index (χ1) is 13.7. The van der Waals surface area contributed by atoms with Gasteiger partial charge in [-0.1, -0.05) is 47.7 Å². The number of ether oxygens (including phenoxy) is 1. The predicted molar refractivity (Wildman–Crippen MR) is 106 cm³/mol. The summed E-state index contributed by atoms with van der Waals surface area (Å²) >= 11 is 1.26. The number of anilines is 2. The molecule has 0 spiro atoms. The van der Waals surface area contributed by atoms with Crippen LogP contribution in [-0.4, -0.2) is 28.6 Å². The molecule has 2 heterocycles. The molecule has 1 aliphatic heterocycles. The quantitative estimate of drug-likeness (QED) is 0.694. The van der Waals surface area contributed by atoms with Crippen molar-refractivity contribution in [1.82, 2.24) is 10.2 Å². The van der Waals surface area contributed by atoms with Crippen LogP contribution in [-0.2, 0) is 16.2 Å². The lowest BCUT2D eigenvalue weighted by atomic mass is 10.1. The summed E-state index contributed by atoms with van der Waals surface area (Å²) in [5.41, 5.74) is 0.805. The van der Waals surface area contributed by atoms with Crippen LogP contribution in [0.4, 0.5) is 10.8 Å². The van der Waals surface area contributed by atoms with Crippen molar-refractivity contribution in [3.8, 4) is 5.75 Å². The molecule has 2 amide bonds. The molecule has 142 valence electrons. The Morgan fingerprint density at radius 2 is 1.82 bits per heavy atom. The fraction of sp³-hybridized carbons (Fsp3) is 0.200. The number of hydrogen-bond acceptors (Lipinski definition) is 6. The van der Waals surface area contributed by atoms with Crippen molar-refractivity contribution in [1.29, 1.82) is 0 Å². The molecule has 0 aliphatic carbocycles. The number of hydrogen-bond donors (Lipinski definition) is 1. The smallest absolute Gasteiger partial charge is 0.231 e. The van der Waals surface area contributed by atoms with Crippen molar-refractivity contribution in [3.63, 3.8) is 0 Å². The monoisotopic (exact) mass is 394 g/mol. The molecule has 0 bridgehead atoms. The molecule has 3 aromatic rings. The van der Waals surface area contributed by atoms with Gasteiger partial charge in [-0.25, -0.2) is 0 Å². The van der Waals surface area contributed by atoms with Crippen molar-refractivity contribution in [2.24, 2.45) is 5.92 Å². The van der Waals surface area contributed by atoms with Crippen LogP contribution in [0, 0.1) is 5.92 Å². The molecule has 4 rings (SSSR count). The highest BCUT2D eigenvalue weighted by atomic mass is 32.1. The van der Waals surface area contributed by atoms with E-state index in [0.717, 1.165) is 11.4 Å². The fourth-order valence-corrected chi connectivity index (χ4v) is 3.63. The Bertz CT molecular complexity index is 962. The summed E-state index contributed by atoms with van der Waals surface area (Å²) in [5.74, 6) is 0.0494. The first-order valence-corrected chi connectivity index (χ1v) is 9.67. The van der Waals surface area contributed by atoms with Gasteiger partial charge in [0, 0.05) is 18.7 Å². The molecule has 0 saturated carbocycles. The second kappa shape index (κ2) is 8.18. The second-order valence-electron chi connectivity index (χ2n) is 6.33. The number of nitrogens with zero attached hydrogens (tertiary/aromatic N) is 3. The van der Waals surface area contributed by atoms with Gasteiger partial charge in [-0.3, -0.25) is 9.59 Å².